The molecule has 7 heteroatoms. The predicted octanol–water partition coefficient (Wildman–Crippen LogP) is 2.42. The summed E-state index contributed by atoms with van der Waals surface area (Å²) in [6.45, 7) is 5.04. The van der Waals surface area contributed by atoms with Gasteiger partial charge in [-0.15, -0.1) is 0 Å². The lowest BCUT2D eigenvalue weighted by atomic mass is 10.0. The Balaban J connectivity index is 0.000000253. The summed E-state index contributed by atoms with van der Waals surface area (Å²) in [5.74, 6) is -0.391. The first-order chi connectivity index (χ1) is 10.8. The average Bonchev–Trinajstić information content (AvgIpc) is 2.50. The van der Waals surface area contributed by atoms with Crippen LogP contribution >= 0.6 is 0 Å². The zero-order valence-corrected chi connectivity index (χ0v) is 13.4. The summed E-state index contributed by atoms with van der Waals surface area (Å²) >= 11 is 0. The van der Waals surface area contributed by atoms with Crippen LogP contribution in [0.3, 0.4) is 0 Å². The van der Waals surface area contributed by atoms with E-state index in [1.54, 1.807) is 13.0 Å². The number of nitro groups is 1. The van der Waals surface area contributed by atoms with Gasteiger partial charge >= 0.3 is 0 Å². The van der Waals surface area contributed by atoms with Gasteiger partial charge in [-0.05, 0) is 19.8 Å². The van der Waals surface area contributed by atoms with E-state index in [1.807, 2.05) is 6.92 Å². The summed E-state index contributed by atoms with van der Waals surface area (Å²) < 4.78 is 0. The van der Waals surface area contributed by atoms with Gasteiger partial charge in [-0.25, -0.2) is 0 Å². The lowest BCUT2D eigenvalue weighted by Gasteiger charge is -2.15. The van der Waals surface area contributed by atoms with Gasteiger partial charge < -0.3 is 0 Å². The number of amides is 2. The molecule has 1 aromatic carbocycles. The van der Waals surface area contributed by atoms with Gasteiger partial charge in [0, 0.05) is 29.5 Å². The van der Waals surface area contributed by atoms with Crippen LogP contribution in [0.2, 0.25) is 0 Å². The maximum atomic E-state index is 11.2. The van der Waals surface area contributed by atoms with E-state index in [2.05, 4.69) is 5.32 Å². The number of Topliss-reactive ketones (excluding diaryl/α,β-unsaturated/α-hetero) is 1. The van der Waals surface area contributed by atoms with Crippen molar-refractivity contribution >= 4 is 23.3 Å². The van der Waals surface area contributed by atoms with Crippen LogP contribution in [0.25, 0.3) is 0 Å². The molecule has 0 radical (unpaired) electrons. The van der Waals surface area contributed by atoms with Crippen molar-refractivity contribution in [2.75, 3.05) is 0 Å². The fraction of sp³-hybridized carbons (Fsp3) is 0.438. The van der Waals surface area contributed by atoms with Gasteiger partial charge in [-0.3, -0.25) is 29.8 Å². The Morgan fingerprint density at radius 1 is 1.39 bits per heavy atom. The quantitative estimate of drug-likeness (QED) is 0.398. The molecule has 2 amide bonds. The van der Waals surface area contributed by atoms with Crippen LogP contribution in [-0.4, -0.2) is 22.5 Å². The molecule has 23 heavy (non-hydrogen) atoms. The van der Waals surface area contributed by atoms with Crippen LogP contribution in [0.1, 0.15) is 49.5 Å². The molecule has 0 bridgehead atoms. The third-order valence-corrected chi connectivity index (χ3v) is 3.60. The standard InChI is InChI=1S/C10H11NO3.C6H9NO2/c1-3-8-9(7(2)12)5-4-6-10(8)11(13)14;1-4-2-3-5(8)7-6(4)9/h4-6H,3H2,1-2H3;4H,2-3H2,1H3,(H,7,8,9). The molecule has 1 fully saturated rings. The number of hydrogen-bond acceptors (Lipinski definition) is 5. The number of ketones is 1. The van der Waals surface area contributed by atoms with E-state index in [4.69, 9.17) is 0 Å². The number of imide groups is 1. The van der Waals surface area contributed by atoms with Crippen molar-refractivity contribution in [3.63, 3.8) is 0 Å². The number of rotatable bonds is 3. The Hall–Kier alpha value is -2.57. The molecule has 2 rings (SSSR count). The van der Waals surface area contributed by atoms with Crippen LogP contribution in [-0.2, 0) is 16.0 Å². The normalized spacial score (nSPS) is 16.9. The van der Waals surface area contributed by atoms with Gasteiger partial charge in [-0.1, -0.05) is 26.0 Å². The number of hydrogen-bond donors (Lipinski definition) is 1. The van der Waals surface area contributed by atoms with Gasteiger partial charge in [0.25, 0.3) is 5.69 Å². The molecule has 124 valence electrons. The molecule has 0 aromatic heterocycles. The number of nitrogens with one attached hydrogen (secondary N) is 1. The molecule has 1 N–H and O–H groups in total. The Morgan fingerprint density at radius 2 is 2.04 bits per heavy atom. The third-order valence-electron chi connectivity index (χ3n) is 3.60. The summed E-state index contributed by atoms with van der Waals surface area (Å²) in [5.41, 5.74) is 0.993. The van der Waals surface area contributed by atoms with Crippen LogP contribution in [0.5, 0.6) is 0 Å². The average molecular weight is 320 g/mol. The Kier molecular flexibility index (Phi) is 6.56. The maximum Gasteiger partial charge on any atom is 0.273 e. The second kappa shape index (κ2) is 8.17. The second-order valence-corrected chi connectivity index (χ2v) is 5.32. The fourth-order valence-electron chi connectivity index (χ4n) is 2.25. The highest BCUT2D eigenvalue weighted by Crippen LogP contribution is 2.23. The smallest absolute Gasteiger partial charge is 0.273 e. The highest BCUT2D eigenvalue weighted by molar-refractivity contribution is 5.98. The molecule has 0 aliphatic carbocycles. The minimum Gasteiger partial charge on any atom is -0.296 e. The van der Waals surface area contributed by atoms with Crippen LogP contribution < -0.4 is 5.32 Å². The summed E-state index contributed by atoms with van der Waals surface area (Å²) in [4.78, 5) is 42.5. The fourth-order valence-corrected chi connectivity index (χ4v) is 2.25. The van der Waals surface area contributed by atoms with Crippen LogP contribution in [0, 0.1) is 16.0 Å². The van der Waals surface area contributed by atoms with Gasteiger partial charge in [0.15, 0.2) is 5.78 Å². The van der Waals surface area contributed by atoms with E-state index in [-0.39, 0.29) is 29.2 Å². The van der Waals surface area contributed by atoms with Crippen molar-refractivity contribution in [2.24, 2.45) is 5.92 Å². The van der Waals surface area contributed by atoms with Crippen molar-refractivity contribution in [3.8, 4) is 0 Å². The highest BCUT2D eigenvalue weighted by Gasteiger charge is 2.21. The predicted molar refractivity (Wildman–Crippen MR) is 84.0 cm³/mol. The first-order valence-electron chi connectivity index (χ1n) is 7.38. The molecule has 0 saturated carbocycles. The van der Waals surface area contributed by atoms with Crippen molar-refractivity contribution in [1.82, 2.24) is 5.32 Å². The molecule has 0 spiro atoms. The van der Waals surface area contributed by atoms with Gasteiger partial charge in [-0.2, -0.15) is 0 Å². The van der Waals surface area contributed by atoms with E-state index in [9.17, 15) is 24.5 Å². The summed E-state index contributed by atoms with van der Waals surface area (Å²) in [6, 6.07) is 4.58. The monoisotopic (exact) mass is 320 g/mol. The zero-order valence-electron chi connectivity index (χ0n) is 13.4. The van der Waals surface area contributed by atoms with Crippen molar-refractivity contribution in [2.45, 2.75) is 40.0 Å². The Labute approximate surface area is 134 Å². The van der Waals surface area contributed by atoms with Crippen molar-refractivity contribution in [1.29, 1.82) is 0 Å². The maximum absolute atomic E-state index is 11.2. The molecule has 1 aromatic rings. The number of piperidine rings is 1. The molecule has 1 unspecified atom stereocenters. The van der Waals surface area contributed by atoms with Gasteiger partial charge in [0.1, 0.15) is 0 Å². The number of nitrogens with zero attached hydrogens (tertiary/aromatic N) is 1. The van der Waals surface area contributed by atoms with Crippen molar-refractivity contribution in [3.05, 3.63) is 39.4 Å². The molecule has 1 saturated heterocycles. The largest absolute Gasteiger partial charge is 0.296 e. The van der Waals surface area contributed by atoms with Gasteiger partial charge in [0.2, 0.25) is 11.8 Å². The minimum atomic E-state index is -0.453. The second-order valence-electron chi connectivity index (χ2n) is 5.32. The number of carbonyl (C=O) groups excluding carboxylic acids is 3. The minimum absolute atomic E-state index is 0.0164. The molecule has 1 aliphatic rings. The van der Waals surface area contributed by atoms with E-state index in [0.29, 0.717) is 30.4 Å². The SMILES string of the molecule is CC1CCC(=O)NC1=O.CCc1c(C(C)=O)cccc1[N+](=O)[O-]. The summed E-state index contributed by atoms with van der Waals surface area (Å²) in [7, 11) is 0. The molecule has 7 nitrogen and oxygen atoms in total. The van der Waals surface area contributed by atoms with Crippen LogP contribution in [0.4, 0.5) is 5.69 Å². The van der Waals surface area contributed by atoms with E-state index in [1.165, 1.54) is 19.1 Å². The lowest BCUT2D eigenvalue weighted by Crippen LogP contribution is -2.39. The van der Waals surface area contributed by atoms with E-state index < -0.39 is 4.92 Å². The zero-order chi connectivity index (χ0) is 17.6. The highest BCUT2D eigenvalue weighted by atomic mass is 16.6. The molecule has 1 aliphatic heterocycles. The molecular formula is C16H20N2O5. The number of carbonyl (C=O) groups is 3. The third kappa shape index (κ3) is 4.98. The Bertz CT molecular complexity index is 607. The summed E-state index contributed by atoms with van der Waals surface area (Å²) in [5, 5.41) is 12.9. The molecule has 1 atom stereocenters. The Morgan fingerprint density at radius 3 is 2.48 bits per heavy atom. The first-order valence-corrected chi connectivity index (χ1v) is 7.38. The first kappa shape index (κ1) is 18.5. The molecule has 1 heterocycles. The lowest BCUT2D eigenvalue weighted by molar-refractivity contribution is -0.385. The number of nitro benzene ring substituents is 1. The van der Waals surface area contributed by atoms with E-state index in [0.717, 1.165) is 0 Å². The van der Waals surface area contributed by atoms with Crippen LogP contribution in [0.15, 0.2) is 18.2 Å². The summed E-state index contributed by atoms with van der Waals surface area (Å²) in [6.07, 6.45) is 1.68. The van der Waals surface area contributed by atoms with Crippen molar-refractivity contribution < 1.29 is 19.3 Å². The van der Waals surface area contributed by atoms with E-state index >= 15 is 0 Å². The van der Waals surface area contributed by atoms with Gasteiger partial charge in [0.05, 0.1) is 4.92 Å². The number of benzene rings is 1. The topological polar surface area (TPSA) is 106 Å². The molecular weight excluding hydrogens is 300 g/mol.